The molecule has 0 fully saturated rings. The van der Waals surface area contributed by atoms with Crippen molar-refractivity contribution < 1.29 is 13.4 Å². The molecule has 1 aliphatic rings. The first-order valence-corrected chi connectivity index (χ1v) is 8.73. The zero-order valence-corrected chi connectivity index (χ0v) is 14.7. The fourth-order valence-corrected chi connectivity index (χ4v) is 3.43. The summed E-state index contributed by atoms with van der Waals surface area (Å²) in [6, 6.07) is 11.9. The average molecular weight is 363 g/mol. The van der Waals surface area contributed by atoms with Crippen LogP contribution in [0.5, 0.6) is 0 Å². The Bertz CT molecular complexity index is 1050. The normalized spacial score (nSPS) is 17.1. The van der Waals surface area contributed by atoms with Gasteiger partial charge in [0.1, 0.15) is 0 Å². The summed E-state index contributed by atoms with van der Waals surface area (Å²) in [6.07, 6.45) is 2.37. The van der Waals surface area contributed by atoms with E-state index < -0.39 is 0 Å². The van der Waals surface area contributed by atoms with Gasteiger partial charge >= 0.3 is 0 Å². The standard InChI is InChI=1S/C19H17N5O3/c1-12-21-22-19(26-12)15-9-13-5-2-3-6-14(13)10-24(15)11-17-20-18(23-27-17)16-7-4-8-25-16/h2-8,15H,9-11H2,1H3/t15-/m1/s1. The van der Waals surface area contributed by atoms with Crippen LogP contribution in [0, 0.1) is 6.92 Å². The fraction of sp³-hybridized carbons (Fsp3) is 0.263. The van der Waals surface area contributed by atoms with E-state index in [-0.39, 0.29) is 6.04 Å². The predicted molar refractivity (Wildman–Crippen MR) is 93.2 cm³/mol. The van der Waals surface area contributed by atoms with E-state index in [2.05, 4.69) is 49.5 Å². The van der Waals surface area contributed by atoms with E-state index in [1.807, 2.05) is 0 Å². The fourth-order valence-electron chi connectivity index (χ4n) is 3.43. The Labute approximate surface area is 154 Å². The van der Waals surface area contributed by atoms with Crippen molar-refractivity contribution in [3.63, 3.8) is 0 Å². The first kappa shape index (κ1) is 16.0. The van der Waals surface area contributed by atoms with Gasteiger partial charge in [-0.1, -0.05) is 29.4 Å². The monoisotopic (exact) mass is 363 g/mol. The molecular weight excluding hydrogens is 346 g/mol. The molecule has 3 aromatic heterocycles. The second-order valence-electron chi connectivity index (χ2n) is 6.54. The van der Waals surface area contributed by atoms with Crippen LogP contribution in [0.4, 0.5) is 0 Å². The Hall–Kier alpha value is -3.26. The van der Waals surface area contributed by atoms with Gasteiger partial charge < -0.3 is 13.4 Å². The third kappa shape index (κ3) is 3.04. The molecule has 0 radical (unpaired) electrons. The highest BCUT2D eigenvalue weighted by molar-refractivity contribution is 5.44. The van der Waals surface area contributed by atoms with Crippen molar-refractivity contribution in [3.8, 4) is 11.6 Å². The maximum atomic E-state index is 5.72. The molecule has 1 aromatic carbocycles. The molecule has 0 amide bonds. The lowest BCUT2D eigenvalue weighted by molar-refractivity contribution is 0.121. The number of aryl methyl sites for hydroxylation is 1. The number of hydrogen-bond donors (Lipinski definition) is 0. The van der Waals surface area contributed by atoms with E-state index >= 15 is 0 Å². The second-order valence-corrected chi connectivity index (χ2v) is 6.54. The zero-order valence-electron chi connectivity index (χ0n) is 14.7. The molecule has 4 aromatic rings. The van der Waals surface area contributed by atoms with Gasteiger partial charge in [-0.15, -0.1) is 10.2 Å². The molecule has 0 bridgehead atoms. The van der Waals surface area contributed by atoms with Gasteiger partial charge in [0.15, 0.2) is 5.76 Å². The molecule has 8 heteroatoms. The quantitative estimate of drug-likeness (QED) is 0.545. The van der Waals surface area contributed by atoms with Gasteiger partial charge in [0.05, 0.1) is 18.8 Å². The largest absolute Gasteiger partial charge is 0.461 e. The molecule has 0 N–H and O–H groups in total. The molecule has 136 valence electrons. The summed E-state index contributed by atoms with van der Waals surface area (Å²) in [5.41, 5.74) is 2.56. The van der Waals surface area contributed by atoms with Crippen LogP contribution in [0.2, 0.25) is 0 Å². The van der Waals surface area contributed by atoms with Crippen LogP contribution in [0.3, 0.4) is 0 Å². The molecule has 4 heterocycles. The lowest BCUT2D eigenvalue weighted by atomic mass is 9.94. The first-order chi connectivity index (χ1) is 13.3. The summed E-state index contributed by atoms with van der Waals surface area (Å²) >= 11 is 0. The molecule has 1 atom stereocenters. The van der Waals surface area contributed by atoms with Crippen LogP contribution < -0.4 is 0 Å². The Balaban J connectivity index is 1.45. The molecule has 27 heavy (non-hydrogen) atoms. The SMILES string of the molecule is Cc1nnc([C@H]2Cc3ccccc3CN2Cc2nc(-c3ccco3)no2)o1. The Morgan fingerprint density at radius 3 is 2.78 bits per heavy atom. The van der Waals surface area contributed by atoms with Crippen molar-refractivity contribution in [2.45, 2.75) is 32.5 Å². The molecule has 1 aliphatic heterocycles. The Morgan fingerprint density at radius 1 is 1.11 bits per heavy atom. The summed E-state index contributed by atoms with van der Waals surface area (Å²) in [6.45, 7) is 3.01. The van der Waals surface area contributed by atoms with Crippen molar-refractivity contribution in [1.82, 2.24) is 25.2 Å². The van der Waals surface area contributed by atoms with E-state index in [4.69, 9.17) is 13.4 Å². The third-order valence-electron chi connectivity index (χ3n) is 4.72. The third-order valence-corrected chi connectivity index (χ3v) is 4.72. The maximum absolute atomic E-state index is 5.72. The molecule has 0 aliphatic carbocycles. The molecule has 0 spiro atoms. The van der Waals surface area contributed by atoms with Crippen LogP contribution in [-0.2, 0) is 19.5 Å². The summed E-state index contributed by atoms with van der Waals surface area (Å²) in [5.74, 6) is 2.70. The van der Waals surface area contributed by atoms with E-state index in [1.165, 1.54) is 11.1 Å². The molecule has 8 nitrogen and oxygen atoms in total. The molecule has 0 saturated carbocycles. The van der Waals surface area contributed by atoms with Crippen LogP contribution in [0.15, 0.2) is 56.0 Å². The highest BCUT2D eigenvalue weighted by atomic mass is 16.5. The van der Waals surface area contributed by atoms with Gasteiger partial charge in [0, 0.05) is 13.5 Å². The highest BCUT2D eigenvalue weighted by Crippen LogP contribution is 2.33. The van der Waals surface area contributed by atoms with Crippen LogP contribution in [0.25, 0.3) is 11.6 Å². The van der Waals surface area contributed by atoms with Gasteiger partial charge in [0.25, 0.3) is 0 Å². The van der Waals surface area contributed by atoms with Crippen LogP contribution in [0.1, 0.15) is 34.8 Å². The van der Waals surface area contributed by atoms with E-state index in [0.717, 1.165) is 13.0 Å². The lowest BCUT2D eigenvalue weighted by Gasteiger charge is -2.33. The molecule has 0 saturated heterocycles. The van der Waals surface area contributed by atoms with Crippen molar-refractivity contribution in [1.29, 1.82) is 0 Å². The number of benzene rings is 1. The van der Waals surface area contributed by atoms with Crippen molar-refractivity contribution in [2.24, 2.45) is 0 Å². The number of furan rings is 1. The summed E-state index contributed by atoms with van der Waals surface area (Å²) in [4.78, 5) is 6.67. The zero-order chi connectivity index (χ0) is 18.2. The minimum Gasteiger partial charge on any atom is -0.461 e. The Morgan fingerprint density at radius 2 is 2.00 bits per heavy atom. The van der Waals surface area contributed by atoms with Gasteiger partial charge in [-0.05, 0) is 29.7 Å². The summed E-state index contributed by atoms with van der Waals surface area (Å²) < 4.78 is 16.5. The van der Waals surface area contributed by atoms with Gasteiger partial charge in [-0.3, -0.25) is 4.90 Å². The highest BCUT2D eigenvalue weighted by Gasteiger charge is 2.32. The lowest BCUT2D eigenvalue weighted by Crippen LogP contribution is -2.34. The van der Waals surface area contributed by atoms with Crippen LogP contribution in [-0.4, -0.2) is 25.2 Å². The van der Waals surface area contributed by atoms with Gasteiger partial charge in [-0.2, -0.15) is 4.98 Å². The van der Waals surface area contributed by atoms with E-state index in [1.54, 1.807) is 25.3 Å². The number of fused-ring (bicyclic) bond motifs is 1. The summed E-state index contributed by atoms with van der Waals surface area (Å²) in [5, 5.41) is 12.2. The topological polar surface area (TPSA) is 94.2 Å². The number of rotatable bonds is 4. The minimum absolute atomic E-state index is 0.0416. The number of nitrogens with zero attached hydrogens (tertiary/aromatic N) is 5. The van der Waals surface area contributed by atoms with E-state index in [0.29, 0.717) is 35.8 Å². The maximum Gasteiger partial charge on any atom is 0.241 e. The van der Waals surface area contributed by atoms with Crippen molar-refractivity contribution in [2.75, 3.05) is 0 Å². The summed E-state index contributed by atoms with van der Waals surface area (Å²) in [7, 11) is 0. The number of aromatic nitrogens is 4. The number of hydrogen-bond acceptors (Lipinski definition) is 8. The molecular formula is C19H17N5O3. The first-order valence-electron chi connectivity index (χ1n) is 8.73. The second kappa shape index (κ2) is 6.48. The van der Waals surface area contributed by atoms with Gasteiger partial charge in [-0.25, -0.2) is 0 Å². The van der Waals surface area contributed by atoms with Crippen molar-refractivity contribution >= 4 is 0 Å². The predicted octanol–water partition coefficient (Wildman–Crippen LogP) is 3.32. The van der Waals surface area contributed by atoms with Crippen molar-refractivity contribution in [3.05, 3.63) is 71.5 Å². The smallest absolute Gasteiger partial charge is 0.241 e. The minimum atomic E-state index is -0.0416. The molecule has 5 rings (SSSR count). The van der Waals surface area contributed by atoms with Gasteiger partial charge in [0.2, 0.25) is 23.5 Å². The molecule has 0 unspecified atom stereocenters. The van der Waals surface area contributed by atoms with E-state index in [9.17, 15) is 0 Å². The van der Waals surface area contributed by atoms with Crippen LogP contribution >= 0.6 is 0 Å². The Kier molecular flexibility index (Phi) is 3.83. The average Bonchev–Trinajstić information content (AvgIpc) is 3.42.